The van der Waals surface area contributed by atoms with E-state index in [1.54, 1.807) is 41.6 Å². The molecule has 0 aromatic carbocycles. The zero-order chi connectivity index (χ0) is 17.2. The van der Waals surface area contributed by atoms with Gasteiger partial charge in [0.05, 0.1) is 11.3 Å². The van der Waals surface area contributed by atoms with Crippen LogP contribution < -0.4 is 4.74 Å². The molecule has 24 heavy (non-hydrogen) atoms. The zero-order valence-corrected chi connectivity index (χ0v) is 14.1. The van der Waals surface area contributed by atoms with Gasteiger partial charge in [-0.05, 0) is 30.5 Å². The number of thiophene rings is 1. The predicted molar refractivity (Wildman–Crippen MR) is 89.4 cm³/mol. The van der Waals surface area contributed by atoms with E-state index in [1.165, 1.54) is 11.3 Å². The number of aromatic nitrogens is 1. The maximum Gasteiger partial charge on any atom is 0.348 e. The average molecular weight is 346 g/mol. The van der Waals surface area contributed by atoms with Gasteiger partial charge in [-0.1, -0.05) is 0 Å². The number of piperidine rings is 1. The SMILES string of the molecule is Cc1ncccc1OC1(C(=O)O)CCN(C(=O)c2ccsc2)CC1. The monoisotopic (exact) mass is 346 g/mol. The number of carbonyl (C=O) groups is 2. The highest BCUT2D eigenvalue weighted by molar-refractivity contribution is 7.08. The predicted octanol–water partition coefficient (Wildman–Crippen LogP) is 2.59. The molecule has 1 amide bonds. The van der Waals surface area contributed by atoms with E-state index in [1.807, 2.05) is 5.38 Å². The molecular weight excluding hydrogens is 328 g/mol. The number of hydrogen-bond donors (Lipinski definition) is 1. The lowest BCUT2D eigenvalue weighted by Gasteiger charge is -2.39. The van der Waals surface area contributed by atoms with Crippen molar-refractivity contribution < 1.29 is 19.4 Å². The first-order valence-electron chi connectivity index (χ1n) is 7.67. The number of aliphatic carboxylic acids is 1. The molecule has 1 aliphatic heterocycles. The largest absolute Gasteiger partial charge is 0.478 e. The third-order valence-corrected chi connectivity index (χ3v) is 4.96. The van der Waals surface area contributed by atoms with Gasteiger partial charge in [-0.25, -0.2) is 4.79 Å². The van der Waals surface area contributed by atoms with Crippen molar-refractivity contribution in [3.63, 3.8) is 0 Å². The summed E-state index contributed by atoms with van der Waals surface area (Å²) in [5.74, 6) is -0.598. The van der Waals surface area contributed by atoms with Crippen LogP contribution in [0.25, 0.3) is 0 Å². The molecule has 1 saturated heterocycles. The summed E-state index contributed by atoms with van der Waals surface area (Å²) in [7, 11) is 0. The molecule has 3 rings (SSSR count). The lowest BCUT2D eigenvalue weighted by molar-refractivity contribution is -0.159. The number of carbonyl (C=O) groups excluding carboxylic acids is 1. The minimum Gasteiger partial charge on any atom is -0.478 e. The fourth-order valence-corrected chi connectivity index (χ4v) is 3.42. The van der Waals surface area contributed by atoms with Crippen molar-refractivity contribution in [3.8, 4) is 5.75 Å². The number of ether oxygens (including phenoxy) is 1. The van der Waals surface area contributed by atoms with Crippen LogP contribution in [-0.4, -0.2) is 45.6 Å². The van der Waals surface area contributed by atoms with E-state index in [0.717, 1.165) is 0 Å². The molecule has 7 heteroatoms. The standard InChI is InChI=1S/C17H18N2O4S/c1-12-14(3-2-7-18-12)23-17(16(21)22)5-8-19(9-6-17)15(20)13-4-10-24-11-13/h2-4,7,10-11H,5-6,8-9H2,1H3,(H,21,22). The number of pyridine rings is 1. The zero-order valence-electron chi connectivity index (χ0n) is 13.3. The minimum atomic E-state index is -1.32. The van der Waals surface area contributed by atoms with Crippen LogP contribution in [0.3, 0.4) is 0 Å². The highest BCUT2D eigenvalue weighted by Crippen LogP contribution is 2.31. The van der Waals surface area contributed by atoms with Gasteiger partial charge in [-0.15, -0.1) is 0 Å². The van der Waals surface area contributed by atoms with Gasteiger partial charge in [-0.2, -0.15) is 11.3 Å². The summed E-state index contributed by atoms with van der Waals surface area (Å²) < 4.78 is 5.86. The Morgan fingerprint density at radius 3 is 2.67 bits per heavy atom. The third-order valence-electron chi connectivity index (χ3n) is 4.28. The molecule has 2 aromatic rings. The molecule has 6 nitrogen and oxygen atoms in total. The summed E-state index contributed by atoms with van der Waals surface area (Å²) in [4.78, 5) is 30.1. The molecular formula is C17H18N2O4S. The smallest absolute Gasteiger partial charge is 0.348 e. The van der Waals surface area contributed by atoms with Gasteiger partial charge in [0.25, 0.3) is 5.91 Å². The number of rotatable bonds is 4. The quantitative estimate of drug-likeness (QED) is 0.920. The number of amides is 1. The first-order chi connectivity index (χ1) is 11.5. The normalized spacial score (nSPS) is 16.6. The van der Waals surface area contributed by atoms with Crippen LogP contribution >= 0.6 is 11.3 Å². The molecule has 3 heterocycles. The Kier molecular flexibility index (Phi) is 4.53. The van der Waals surface area contributed by atoms with Crippen LogP contribution in [0.15, 0.2) is 35.2 Å². The molecule has 0 saturated carbocycles. The van der Waals surface area contributed by atoms with E-state index in [0.29, 0.717) is 30.1 Å². The lowest BCUT2D eigenvalue weighted by atomic mass is 9.90. The lowest BCUT2D eigenvalue weighted by Crippen LogP contribution is -2.54. The van der Waals surface area contributed by atoms with Crippen LogP contribution in [0.5, 0.6) is 5.75 Å². The van der Waals surface area contributed by atoms with Gasteiger partial charge in [0.1, 0.15) is 5.75 Å². The molecule has 0 radical (unpaired) electrons. The van der Waals surface area contributed by atoms with Crippen molar-refractivity contribution in [2.45, 2.75) is 25.4 Å². The molecule has 0 bridgehead atoms. The van der Waals surface area contributed by atoms with E-state index in [4.69, 9.17) is 4.74 Å². The topological polar surface area (TPSA) is 79.7 Å². The Bertz CT molecular complexity index is 737. The second-order valence-corrected chi connectivity index (χ2v) is 6.57. The van der Waals surface area contributed by atoms with Crippen molar-refractivity contribution >= 4 is 23.2 Å². The first-order valence-corrected chi connectivity index (χ1v) is 8.62. The molecule has 126 valence electrons. The maximum absolute atomic E-state index is 12.4. The van der Waals surface area contributed by atoms with Gasteiger partial charge in [0, 0.05) is 37.5 Å². The van der Waals surface area contributed by atoms with Crippen LogP contribution in [0.4, 0.5) is 0 Å². The number of hydrogen-bond acceptors (Lipinski definition) is 5. The van der Waals surface area contributed by atoms with E-state index in [-0.39, 0.29) is 18.7 Å². The highest BCUT2D eigenvalue weighted by atomic mass is 32.1. The Morgan fingerprint density at radius 2 is 2.08 bits per heavy atom. The Labute approximate surface area is 143 Å². The molecule has 2 aromatic heterocycles. The van der Waals surface area contributed by atoms with Crippen molar-refractivity contribution in [2.24, 2.45) is 0 Å². The average Bonchev–Trinajstić information content (AvgIpc) is 3.11. The summed E-state index contributed by atoms with van der Waals surface area (Å²) >= 11 is 1.47. The Balaban J connectivity index is 1.74. The number of aryl methyl sites for hydroxylation is 1. The third kappa shape index (κ3) is 3.12. The number of carboxylic acids is 1. The van der Waals surface area contributed by atoms with E-state index < -0.39 is 11.6 Å². The van der Waals surface area contributed by atoms with Gasteiger partial charge >= 0.3 is 5.97 Å². The second kappa shape index (κ2) is 6.60. The van der Waals surface area contributed by atoms with Gasteiger partial charge in [-0.3, -0.25) is 9.78 Å². The van der Waals surface area contributed by atoms with Gasteiger partial charge in [0.2, 0.25) is 5.60 Å². The van der Waals surface area contributed by atoms with Crippen molar-refractivity contribution in [3.05, 3.63) is 46.4 Å². The molecule has 0 unspecified atom stereocenters. The fraction of sp³-hybridized carbons (Fsp3) is 0.353. The van der Waals surface area contributed by atoms with E-state index in [2.05, 4.69) is 4.98 Å². The second-order valence-electron chi connectivity index (χ2n) is 5.79. The molecule has 1 aliphatic rings. The maximum atomic E-state index is 12.4. The number of carboxylic acid groups (broad SMARTS) is 1. The van der Waals surface area contributed by atoms with Gasteiger partial charge < -0.3 is 14.7 Å². The van der Waals surface area contributed by atoms with Crippen LogP contribution in [0.2, 0.25) is 0 Å². The van der Waals surface area contributed by atoms with E-state index in [9.17, 15) is 14.7 Å². The van der Waals surface area contributed by atoms with Crippen LogP contribution in [-0.2, 0) is 4.79 Å². The summed E-state index contributed by atoms with van der Waals surface area (Å²) in [6, 6.07) is 5.21. The number of likely N-dealkylation sites (tertiary alicyclic amines) is 1. The molecule has 0 atom stereocenters. The summed E-state index contributed by atoms with van der Waals surface area (Å²) in [5, 5.41) is 13.4. The van der Waals surface area contributed by atoms with E-state index >= 15 is 0 Å². The fourth-order valence-electron chi connectivity index (χ4n) is 2.79. The number of nitrogens with zero attached hydrogens (tertiary/aromatic N) is 2. The molecule has 1 N–H and O–H groups in total. The van der Waals surface area contributed by atoms with Crippen molar-refractivity contribution in [1.82, 2.24) is 9.88 Å². The first kappa shape index (κ1) is 16.4. The molecule has 1 fully saturated rings. The summed E-state index contributed by atoms with van der Waals surface area (Å²) in [6.07, 6.45) is 2.12. The van der Waals surface area contributed by atoms with Crippen molar-refractivity contribution in [2.75, 3.05) is 13.1 Å². The van der Waals surface area contributed by atoms with Crippen molar-refractivity contribution in [1.29, 1.82) is 0 Å². The Morgan fingerprint density at radius 1 is 1.33 bits per heavy atom. The van der Waals surface area contributed by atoms with Crippen LogP contribution in [0, 0.1) is 6.92 Å². The summed E-state index contributed by atoms with van der Waals surface area (Å²) in [5.41, 5.74) is -0.0269. The van der Waals surface area contributed by atoms with Crippen LogP contribution in [0.1, 0.15) is 28.9 Å². The Hall–Kier alpha value is -2.41. The molecule has 0 spiro atoms. The highest BCUT2D eigenvalue weighted by Gasteiger charge is 2.45. The van der Waals surface area contributed by atoms with Gasteiger partial charge in [0.15, 0.2) is 0 Å². The molecule has 0 aliphatic carbocycles. The minimum absolute atomic E-state index is 0.0622. The summed E-state index contributed by atoms with van der Waals surface area (Å²) in [6.45, 7) is 2.47.